The van der Waals surface area contributed by atoms with E-state index < -0.39 is 0 Å². The van der Waals surface area contributed by atoms with Gasteiger partial charge in [-0.3, -0.25) is 0 Å². The van der Waals surface area contributed by atoms with Gasteiger partial charge in [-0.25, -0.2) is 0 Å². The Morgan fingerprint density at radius 3 is 2.93 bits per heavy atom. The van der Waals surface area contributed by atoms with Crippen LogP contribution in [-0.2, 0) is 5.75 Å². The molecule has 2 nitrogen and oxygen atoms in total. The van der Waals surface area contributed by atoms with Crippen LogP contribution in [0.2, 0.25) is 5.22 Å². The third kappa shape index (κ3) is 4.40. The van der Waals surface area contributed by atoms with Crippen molar-refractivity contribution in [3.8, 4) is 0 Å². The Morgan fingerprint density at radius 1 is 1.57 bits per heavy atom. The lowest BCUT2D eigenvalue weighted by molar-refractivity contribution is 0.532. The van der Waals surface area contributed by atoms with Crippen molar-refractivity contribution in [3.63, 3.8) is 0 Å². The molecule has 1 N–H and O–H groups in total. The van der Waals surface area contributed by atoms with Crippen LogP contribution < -0.4 is 5.32 Å². The van der Waals surface area contributed by atoms with E-state index in [1.54, 1.807) is 6.07 Å². The Labute approximate surface area is 94.4 Å². The summed E-state index contributed by atoms with van der Waals surface area (Å²) < 4.78 is 5.25. The zero-order valence-corrected chi connectivity index (χ0v) is 10.1. The molecular weight excluding hydrogens is 218 g/mol. The molecule has 80 valence electrons. The van der Waals surface area contributed by atoms with Crippen molar-refractivity contribution in [1.82, 2.24) is 5.32 Å². The third-order valence-electron chi connectivity index (χ3n) is 1.83. The summed E-state index contributed by atoms with van der Waals surface area (Å²) in [6, 6.07) is 3.71. The van der Waals surface area contributed by atoms with Gasteiger partial charge in [-0.05, 0) is 49.0 Å². The van der Waals surface area contributed by atoms with Gasteiger partial charge in [0, 0.05) is 0 Å². The van der Waals surface area contributed by atoms with E-state index in [1.807, 2.05) is 24.9 Å². The van der Waals surface area contributed by atoms with Crippen LogP contribution in [0.15, 0.2) is 16.5 Å². The third-order valence-corrected chi connectivity index (χ3v) is 3.32. The van der Waals surface area contributed by atoms with E-state index in [2.05, 4.69) is 12.2 Å². The summed E-state index contributed by atoms with van der Waals surface area (Å²) in [4.78, 5) is 0. The first-order chi connectivity index (χ1) is 6.72. The van der Waals surface area contributed by atoms with Crippen molar-refractivity contribution < 1.29 is 4.42 Å². The minimum atomic E-state index is 0.476. The summed E-state index contributed by atoms with van der Waals surface area (Å²) >= 11 is 7.54. The molecule has 4 heteroatoms. The zero-order chi connectivity index (χ0) is 10.4. The van der Waals surface area contributed by atoms with E-state index in [0.29, 0.717) is 11.1 Å². The van der Waals surface area contributed by atoms with Gasteiger partial charge >= 0.3 is 0 Å². The fourth-order valence-electron chi connectivity index (χ4n) is 1.20. The molecule has 0 aliphatic heterocycles. The van der Waals surface area contributed by atoms with Crippen molar-refractivity contribution in [3.05, 3.63) is 23.1 Å². The van der Waals surface area contributed by atoms with Crippen molar-refractivity contribution in [2.24, 2.45) is 5.92 Å². The van der Waals surface area contributed by atoms with E-state index in [9.17, 15) is 0 Å². The highest BCUT2D eigenvalue weighted by Gasteiger charge is 2.03. The average Bonchev–Trinajstić information content (AvgIpc) is 2.52. The Hall–Kier alpha value is -0.120. The zero-order valence-electron chi connectivity index (χ0n) is 8.55. The largest absolute Gasteiger partial charge is 0.449 e. The summed E-state index contributed by atoms with van der Waals surface area (Å²) in [6.07, 6.45) is 0. The van der Waals surface area contributed by atoms with Crippen molar-refractivity contribution in [2.75, 3.05) is 19.3 Å². The molecule has 1 aromatic rings. The van der Waals surface area contributed by atoms with E-state index in [1.165, 1.54) is 0 Å². The highest BCUT2D eigenvalue weighted by atomic mass is 35.5. The number of hydrogen-bond acceptors (Lipinski definition) is 3. The molecule has 0 spiro atoms. The molecule has 0 aromatic carbocycles. The molecule has 0 saturated heterocycles. The van der Waals surface area contributed by atoms with Crippen LogP contribution in [0.25, 0.3) is 0 Å². The lowest BCUT2D eigenvalue weighted by Gasteiger charge is -2.08. The van der Waals surface area contributed by atoms with Gasteiger partial charge in [0.25, 0.3) is 0 Å². The summed E-state index contributed by atoms with van der Waals surface area (Å²) in [5.41, 5.74) is 0. The number of hydrogen-bond donors (Lipinski definition) is 1. The molecule has 1 atom stereocenters. The van der Waals surface area contributed by atoms with Gasteiger partial charge in [0.15, 0.2) is 5.22 Å². The van der Waals surface area contributed by atoms with Crippen LogP contribution >= 0.6 is 23.4 Å². The normalized spacial score (nSPS) is 13.1. The van der Waals surface area contributed by atoms with Gasteiger partial charge in [-0.1, -0.05) is 6.92 Å². The molecule has 1 unspecified atom stereocenters. The predicted molar refractivity (Wildman–Crippen MR) is 63.0 cm³/mol. The van der Waals surface area contributed by atoms with Gasteiger partial charge in [0.05, 0.1) is 5.75 Å². The molecule has 1 rings (SSSR count). The van der Waals surface area contributed by atoms with Crippen LogP contribution in [0.4, 0.5) is 0 Å². The summed E-state index contributed by atoms with van der Waals surface area (Å²) in [5.74, 6) is 3.69. The smallest absolute Gasteiger partial charge is 0.193 e. The number of thioether (sulfide) groups is 1. The molecule has 1 aromatic heterocycles. The minimum absolute atomic E-state index is 0.476. The molecule has 0 fully saturated rings. The quantitative estimate of drug-likeness (QED) is 0.818. The van der Waals surface area contributed by atoms with Gasteiger partial charge in [0.2, 0.25) is 0 Å². The van der Waals surface area contributed by atoms with Gasteiger partial charge in [-0.2, -0.15) is 11.8 Å². The van der Waals surface area contributed by atoms with Crippen molar-refractivity contribution in [1.29, 1.82) is 0 Å². The van der Waals surface area contributed by atoms with Crippen LogP contribution in [0.3, 0.4) is 0 Å². The Balaban J connectivity index is 2.15. The molecule has 0 aliphatic carbocycles. The molecule has 0 radical (unpaired) electrons. The Morgan fingerprint density at radius 2 is 2.36 bits per heavy atom. The second-order valence-corrected chi connectivity index (χ2v) is 4.79. The molecule has 0 aliphatic rings. The number of halogens is 1. The lowest BCUT2D eigenvalue weighted by atomic mass is 10.2. The molecule has 0 amide bonds. The molecule has 0 saturated carbocycles. The van der Waals surface area contributed by atoms with Gasteiger partial charge in [-0.15, -0.1) is 0 Å². The van der Waals surface area contributed by atoms with Crippen LogP contribution in [0, 0.1) is 5.92 Å². The topological polar surface area (TPSA) is 25.2 Å². The van der Waals surface area contributed by atoms with Crippen LogP contribution in [-0.4, -0.2) is 19.3 Å². The predicted octanol–water partition coefficient (Wildman–Crippen LogP) is 3.02. The fraction of sp³-hybridized carbons (Fsp3) is 0.600. The summed E-state index contributed by atoms with van der Waals surface area (Å²) in [6.45, 7) is 3.30. The Bertz CT molecular complexity index is 264. The maximum absolute atomic E-state index is 5.67. The van der Waals surface area contributed by atoms with Gasteiger partial charge in [0.1, 0.15) is 5.76 Å². The molecule has 1 heterocycles. The minimum Gasteiger partial charge on any atom is -0.449 e. The first-order valence-electron chi connectivity index (χ1n) is 4.69. The monoisotopic (exact) mass is 233 g/mol. The fourth-order valence-corrected chi connectivity index (χ4v) is 2.35. The molecule has 14 heavy (non-hydrogen) atoms. The standard InChI is InChI=1S/C10H16ClNOS/c1-8(5-12-2)6-14-7-9-3-4-10(11)13-9/h3-4,8,12H,5-7H2,1-2H3. The molecule has 0 bridgehead atoms. The Kier molecular flexibility index (Phi) is 5.45. The van der Waals surface area contributed by atoms with E-state index in [0.717, 1.165) is 23.8 Å². The second-order valence-electron chi connectivity index (χ2n) is 3.38. The average molecular weight is 234 g/mol. The number of rotatable bonds is 6. The van der Waals surface area contributed by atoms with Crippen LogP contribution in [0.5, 0.6) is 0 Å². The van der Waals surface area contributed by atoms with E-state index in [-0.39, 0.29) is 0 Å². The van der Waals surface area contributed by atoms with E-state index in [4.69, 9.17) is 16.0 Å². The van der Waals surface area contributed by atoms with Crippen LogP contribution in [0.1, 0.15) is 12.7 Å². The maximum atomic E-state index is 5.67. The first-order valence-corrected chi connectivity index (χ1v) is 6.22. The SMILES string of the molecule is CNCC(C)CSCc1ccc(Cl)o1. The van der Waals surface area contributed by atoms with Crippen molar-refractivity contribution >= 4 is 23.4 Å². The van der Waals surface area contributed by atoms with Crippen molar-refractivity contribution in [2.45, 2.75) is 12.7 Å². The highest BCUT2D eigenvalue weighted by Crippen LogP contribution is 2.19. The summed E-state index contributed by atoms with van der Waals surface area (Å²) in [5, 5.41) is 3.64. The number of nitrogens with one attached hydrogen (secondary N) is 1. The summed E-state index contributed by atoms with van der Waals surface area (Å²) in [7, 11) is 1.98. The first kappa shape index (κ1) is 12.0. The highest BCUT2D eigenvalue weighted by molar-refractivity contribution is 7.98. The maximum Gasteiger partial charge on any atom is 0.193 e. The second kappa shape index (κ2) is 6.38. The molecular formula is C10H16ClNOS. The lowest BCUT2D eigenvalue weighted by Crippen LogP contribution is -2.17. The number of furan rings is 1. The van der Waals surface area contributed by atoms with E-state index >= 15 is 0 Å². The van der Waals surface area contributed by atoms with Gasteiger partial charge < -0.3 is 9.73 Å².